The molecule has 0 aromatic heterocycles. The first-order valence-corrected chi connectivity index (χ1v) is 9.62. The second-order valence-corrected chi connectivity index (χ2v) is 7.50. The van der Waals surface area contributed by atoms with E-state index >= 15 is 0 Å². The van der Waals surface area contributed by atoms with Gasteiger partial charge in [0.05, 0.1) is 0 Å². The molecule has 1 rings (SSSR count). The molecule has 0 unspecified atom stereocenters. The Morgan fingerprint density at radius 2 is 1.77 bits per heavy atom. The van der Waals surface area contributed by atoms with E-state index in [1.165, 1.54) is 6.08 Å². The topological polar surface area (TPSA) is 140 Å². The molecule has 0 aromatic carbocycles. The van der Waals surface area contributed by atoms with E-state index in [0.717, 1.165) is 0 Å². The van der Waals surface area contributed by atoms with Crippen LogP contribution in [0.2, 0.25) is 0 Å². The Kier molecular flexibility index (Phi) is 9.79. The Hall–Kier alpha value is -3.11. The Morgan fingerprint density at radius 1 is 1.13 bits per heavy atom. The number of amides is 4. The minimum Gasteiger partial charge on any atom is -0.445 e. The molecule has 0 saturated carbocycles. The van der Waals surface area contributed by atoms with E-state index in [-0.39, 0.29) is 25.9 Å². The molecule has 1 aliphatic rings. The lowest BCUT2D eigenvalue weighted by Gasteiger charge is -2.20. The van der Waals surface area contributed by atoms with Crippen molar-refractivity contribution >= 4 is 30.0 Å². The summed E-state index contributed by atoms with van der Waals surface area (Å²) in [5, 5.41) is 5.34. The zero-order valence-electron chi connectivity index (χ0n) is 17.5. The Morgan fingerprint density at radius 3 is 2.33 bits per heavy atom. The third-order valence-corrected chi connectivity index (χ3v) is 3.68. The SMILES string of the molecule is C=CCOC(=O)N[C@H](CCCCNC(=O)OC(C)(C)C)C(=O)ON1C(=O)CCC1=O. The first kappa shape index (κ1) is 24.9. The first-order valence-electron chi connectivity index (χ1n) is 9.62. The van der Waals surface area contributed by atoms with Crippen molar-refractivity contribution in [1.29, 1.82) is 0 Å². The van der Waals surface area contributed by atoms with E-state index in [0.29, 0.717) is 24.4 Å². The predicted molar refractivity (Wildman–Crippen MR) is 104 cm³/mol. The minimum absolute atomic E-state index is 0.0398. The maximum Gasteiger partial charge on any atom is 0.408 e. The molecule has 0 radical (unpaired) electrons. The molecule has 11 nitrogen and oxygen atoms in total. The summed E-state index contributed by atoms with van der Waals surface area (Å²) in [7, 11) is 0. The highest BCUT2D eigenvalue weighted by atomic mass is 16.7. The van der Waals surface area contributed by atoms with Gasteiger partial charge in [-0.25, -0.2) is 14.4 Å². The maximum atomic E-state index is 12.4. The number of hydroxylamine groups is 2. The number of hydrogen-bond acceptors (Lipinski definition) is 8. The fraction of sp³-hybridized carbons (Fsp3) is 0.632. The predicted octanol–water partition coefficient (Wildman–Crippen LogP) is 1.57. The largest absolute Gasteiger partial charge is 0.445 e. The average Bonchev–Trinajstić information content (AvgIpc) is 2.95. The molecule has 0 spiro atoms. The number of rotatable bonds is 10. The smallest absolute Gasteiger partial charge is 0.408 e. The molecular formula is C19H29N3O8. The third kappa shape index (κ3) is 9.39. The maximum absolute atomic E-state index is 12.4. The number of unbranched alkanes of at least 4 members (excludes halogenated alkanes) is 1. The molecule has 1 atom stereocenters. The number of nitrogens with zero attached hydrogens (tertiary/aromatic N) is 1. The van der Waals surface area contributed by atoms with Crippen molar-refractivity contribution in [3.05, 3.63) is 12.7 Å². The molecule has 4 amide bonds. The number of carbonyl (C=O) groups is 5. The molecule has 1 fully saturated rings. The van der Waals surface area contributed by atoms with E-state index < -0.39 is 41.6 Å². The second-order valence-electron chi connectivity index (χ2n) is 7.50. The molecule has 1 saturated heterocycles. The highest BCUT2D eigenvalue weighted by Crippen LogP contribution is 2.14. The van der Waals surface area contributed by atoms with Crippen LogP contribution in [0.25, 0.3) is 0 Å². The second kappa shape index (κ2) is 11.8. The van der Waals surface area contributed by atoms with Crippen molar-refractivity contribution < 1.29 is 38.3 Å². The summed E-state index contributed by atoms with van der Waals surface area (Å²) < 4.78 is 9.91. The highest BCUT2D eigenvalue weighted by Gasteiger charge is 2.35. The van der Waals surface area contributed by atoms with Crippen molar-refractivity contribution in [2.75, 3.05) is 13.2 Å². The van der Waals surface area contributed by atoms with Crippen LogP contribution >= 0.6 is 0 Å². The van der Waals surface area contributed by atoms with Gasteiger partial charge in [0, 0.05) is 19.4 Å². The molecule has 1 aliphatic heterocycles. The van der Waals surface area contributed by atoms with E-state index in [2.05, 4.69) is 17.2 Å². The summed E-state index contributed by atoms with van der Waals surface area (Å²) >= 11 is 0. The average molecular weight is 427 g/mol. The molecule has 168 valence electrons. The van der Waals surface area contributed by atoms with E-state index in [1.54, 1.807) is 20.8 Å². The van der Waals surface area contributed by atoms with Crippen molar-refractivity contribution in [2.24, 2.45) is 0 Å². The first-order chi connectivity index (χ1) is 14.0. The van der Waals surface area contributed by atoms with Gasteiger partial charge in [0.1, 0.15) is 18.2 Å². The molecular weight excluding hydrogens is 398 g/mol. The summed E-state index contributed by atoms with van der Waals surface area (Å²) in [6, 6.07) is -1.15. The van der Waals surface area contributed by atoms with Gasteiger partial charge in [0.15, 0.2) is 0 Å². The standard InChI is InChI=1S/C19H29N3O8/c1-5-12-28-18(27)21-13(16(25)30-22-14(23)9-10-15(22)24)8-6-7-11-20-17(26)29-19(2,3)4/h5,13H,1,6-12H2,2-4H3,(H,20,26)(H,21,27)/t13-/m1/s1. The van der Waals surface area contributed by atoms with Crippen molar-refractivity contribution in [3.63, 3.8) is 0 Å². The molecule has 0 aliphatic carbocycles. The van der Waals surface area contributed by atoms with Crippen LogP contribution in [0, 0.1) is 0 Å². The van der Waals surface area contributed by atoms with Crippen LogP contribution in [-0.2, 0) is 28.7 Å². The van der Waals surface area contributed by atoms with Gasteiger partial charge >= 0.3 is 18.2 Å². The molecule has 1 heterocycles. The Bertz CT molecular complexity index is 655. The Balaban J connectivity index is 2.54. The summed E-state index contributed by atoms with van der Waals surface area (Å²) in [4.78, 5) is 63.9. The van der Waals surface area contributed by atoms with Gasteiger partial charge in [-0.15, -0.1) is 5.06 Å². The minimum atomic E-state index is -1.15. The van der Waals surface area contributed by atoms with Crippen LogP contribution in [0.3, 0.4) is 0 Å². The summed E-state index contributed by atoms with van der Waals surface area (Å²) in [5.41, 5.74) is -0.612. The lowest BCUT2D eigenvalue weighted by molar-refractivity contribution is -0.199. The lowest BCUT2D eigenvalue weighted by atomic mass is 10.1. The van der Waals surface area contributed by atoms with Crippen molar-refractivity contribution in [3.8, 4) is 0 Å². The fourth-order valence-corrected chi connectivity index (χ4v) is 2.36. The van der Waals surface area contributed by atoms with E-state index in [9.17, 15) is 24.0 Å². The van der Waals surface area contributed by atoms with Crippen LogP contribution in [0.1, 0.15) is 52.9 Å². The molecule has 0 aromatic rings. The van der Waals surface area contributed by atoms with E-state index in [1.807, 2.05) is 0 Å². The number of ether oxygens (including phenoxy) is 2. The fourth-order valence-electron chi connectivity index (χ4n) is 2.36. The summed E-state index contributed by atoms with van der Waals surface area (Å²) in [6.07, 6.45) is 0.876. The van der Waals surface area contributed by atoms with Gasteiger partial charge in [-0.2, -0.15) is 0 Å². The molecule has 30 heavy (non-hydrogen) atoms. The summed E-state index contributed by atoms with van der Waals surface area (Å²) in [6.45, 7) is 8.89. The van der Waals surface area contributed by atoms with E-state index in [4.69, 9.17) is 14.3 Å². The highest BCUT2D eigenvalue weighted by molar-refractivity contribution is 6.01. The van der Waals surface area contributed by atoms with Gasteiger partial charge < -0.3 is 24.9 Å². The van der Waals surface area contributed by atoms with Gasteiger partial charge in [-0.1, -0.05) is 12.7 Å². The number of carbonyl (C=O) groups excluding carboxylic acids is 5. The normalized spacial score (nSPS) is 14.7. The quantitative estimate of drug-likeness (QED) is 0.304. The molecule has 0 bridgehead atoms. The number of imide groups is 1. The van der Waals surface area contributed by atoms with Crippen LogP contribution in [-0.4, -0.2) is 59.8 Å². The molecule has 2 N–H and O–H groups in total. The van der Waals surface area contributed by atoms with Crippen LogP contribution in [0.4, 0.5) is 9.59 Å². The van der Waals surface area contributed by atoms with Crippen molar-refractivity contribution in [1.82, 2.24) is 15.7 Å². The van der Waals surface area contributed by atoms with Crippen molar-refractivity contribution in [2.45, 2.75) is 64.5 Å². The van der Waals surface area contributed by atoms with Gasteiger partial charge in [0.2, 0.25) is 0 Å². The summed E-state index contributed by atoms with van der Waals surface area (Å²) in [5.74, 6) is -2.21. The number of alkyl carbamates (subject to hydrolysis) is 2. The molecule has 11 heteroatoms. The van der Waals surface area contributed by atoms with Crippen LogP contribution < -0.4 is 10.6 Å². The zero-order chi connectivity index (χ0) is 22.7. The lowest BCUT2D eigenvalue weighted by Crippen LogP contribution is -2.45. The van der Waals surface area contributed by atoms with Gasteiger partial charge in [0.25, 0.3) is 11.8 Å². The van der Waals surface area contributed by atoms with Crippen LogP contribution in [0.15, 0.2) is 12.7 Å². The monoisotopic (exact) mass is 427 g/mol. The van der Waals surface area contributed by atoms with Gasteiger partial charge in [-0.05, 0) is 40.0 Å². The van der Waals surface area contributed by atoms with Gasteiger partial charge in [-0.3, -0.25) is 9.59 Å². The number of hydrogen-bond donors (Lipinski definition) is 2. The Labute approximate surface area is 175 Å². The third-order valence-electron chi connectivity index (χ3n) is 3.68. The number of nitrogens with one attached hydrogen (secondary N) is 2. The van der Waals surface area contributed by atoms with Crippen LogP contribution in [0.5, 0.6) is 0 Å². The zero-order valence-corrected chi connectivity index (χ0v) is 17.5.